The van der Waals surface area contributed by atoms with E-state index in [1.807, 2.05) is 31.2 Å². The van der Waals surface area contributed by atoms with Crippen molar-refractivity contribution in [3.8, 4) is 5.75 Å². The monoisotopic (exact) mass is 473 g/mol. The maximum absolute atomic E-state index is 13.2. The molecule has 0 saturated heterocycles. The first-order valence-corrected chi connectivity index (χ1v) is 11.1. The molecule has 0 fully saturated rings. The van der Waals surface area contributed by atoms with Gasteiger partial charge in [0.15, 0.2) is 0 Å². The molecule has 0 bridgehead atoms. The number of hydrogen-bond donors (Lipinski definition) is 2. The van der Waals surface area contributed by atoms with E-state index < -0.39 is 11.5 Å². The molecule has 0 aliphatic heterocycles. The summed E-state index contributed by atoms with van der Waals surface area (Å²) in [4.78, 5) is 38.7. The Morgan fingerprint density at radius 2 is 1.69 bits per heavy atom. The van der Waals surface area contributed by atoms with E-state index in [0.29, 0.717) is 40.3 Å². The number of nitrogens with zero attached hydrogens (tertiary/aromatic N) is 3. The van der Waals surface area contributed by atoms with E-state index in [1.165, 1.54) is 6.33 Å². The second-order valence-electron chi connectivity index (χ2n) is 8.34. The number of rotatable bonds is 7. The lowest BCUT2D eigenvalue weighted by atomic mass is 10.1. The largest absolute Gasteiger partial charge is 0.497 e. The Labute approximate surface area is 202 Å². The van der Waals surface area contributed by atoms with Crippen LogP contribution in [0.3, 0.4) is 0 Å². The van der Waals surface area contributed by atoms with Crippen LogP contribution in [-0.4, -0.2) is 33.1 Å². The highest BCUT2D eigenvalue weighted by Gasteiger charge is 2.22. The van der Waals surface area contributed by atoms with Gasteiger partial charge in [0.25, 0.3) is 11.5 Å². The molecule has 2 aromatic heterocycles. The highest BCUT2D eigenvalue weighted by atomic mass is 16.5. The third kappa shape index (κ3) is 4.93. The minimum Gasteiger partial charge on any atom is -0.497 e. The van der Waals surface area contributed by atoms with Gasteiger partial charge in [-0.1, -0.05) is 29.8 Å². The highest BCUT2D eigenvalue weighted by molar-refractivity contribution is 5.99. The van der Waals surface area contributed by atoms with Crippen LogP contribution in [0.4, 0.5) is 5.69 Å². The lowest BCUT2D eigenvalue weighted by Gasteiger charge is -2.08. The van der Waals surface area contributed by atoms with Crippen LogP contribution in [0.2, 0.25) is 0 Å². The summed E-state index contributed by atoms with van der Waals surface area (Å²) >= 11 is 0. The van der Waals surface area contributed by atoms with E-state index in [1.54, 1.807) is 49.6 Å². The smallest absolute Gasteiger partial charge is 0.291 e. The van der Waals surface area contributed by atoms with Crippen molar-refractivity contribution in [2.24, 2.45) is 0 Å². The van der Waals surface area contributed by atoms with Gasteiger partial charge in [0.1, 0.15) is 24.1 Å². The van der Waals surface area contributed by atoms with Gasteiger partial charge in [0.05, 0.1) is 12.7 Å². The Bertz CT molecular complexity index is 1450. The molecule has 35 heavy (non-hydrogen) atoms. The Hall–Kier alpha value is -4.40. The molecule has 2 N–H and O–H groups in total. The second-order valence-corrected chi connectivity index (χ2v) is 8.34. The van der Waals surface area contributed by atoms with Gasteiger partial charge in [-0.15, -0.1) is 0 Å². The molecule has 2 amide bonds. The summed E-state index contributed by atoms with van der Waals surface area (Å²) in [7, 11) is 1.56. The first kappa shape index (κ1) is 23.7. The number of amides is 2. The van der Waals surface area contributed by atoms with Crippen LogP contribution in [-0.2, 0) is 17.9 Å². The number of hydrogen-bond acceptors (Lipinski definition) is 5. The number of carbonyl (C=O) groups excluding carboxylic acids is 2. The normalized spacial score (nSPS) is 10.9. The molecule has 9 heteroatoms. The second kappa shape index (κ2) is 9.84. The molecule has 2 heterocycles. The van der Waals surface area contributed by atoms with Gasteiger partial charge in [-0.2, -0.15) is 5.10 Å². The predicted octanol–water partition coefficient (Wildman–Crippen LogP) is 3.00. The SMILES string of the molecule is COc1ccc(NC(=O)Cn2ncn3c(C)c(C(=O)NCc4ccc(C)cc4)c(C)c3c2=O)cc1. The van der Waals surface area contributed by atoms with Crippen LogP contribution < -0.4 is 20.9 Å². The Balaban J connectivity index is 1.54. The molecule has 180 valence electrons. The number of aryl methyl sites for hydroxylation is 3. The summed E-state index contributed by atoms with van der Waals surface area (Å²) in [6.45, 7) is 5.61. The molecule has 2 aromatic carbocycles. The van der Waals surface area contributed by atoms with Crippen molar-refractivity contribution in [1.82, 2.24) is 19.5 Å². The van der Waals surface area contributed by atoms with Crippen LogP contribution in [0.5, 0.6) is 5.75 Å². The van der Waals surface area contributed by atoms with Gasteiger partial charge in [0.2, 0.25) is 5.91 Å². The van der Waals surface area contributed by atoms with Crippen LogP contribution in [0, 0.1) is 20.8 Å². The fraction of sp³-hybridized carbons (Fsp3) is 0.231. The Kier molecular flexibility index (Phi) is 6.68. The fourth-order valence-electron chi connectivity index (χ4n) is 3.99. The predicted molar refractivity (Wildman–Crippen MR) is 133 cm³/mol. The van der Waals surface area contributed by atoms with Crippen molar-refractivity contribution in [1.29, 1.82) is 0 Å². The average molecular weight is 474 g/mol. The van der Waals surface area contributed by atoms with Crippen molar-refractivity contribution in [3.05, 3.63) is 93.2 Å². The standard InChI is InChI=1S/C26H27N5O4/c1-16-5-7-19(8-6-16)13-27-25(33)23-17(2)24-26(34)31(28-15-30(24)18(23)3)14-22(32)29-20-9-11-21(35-4)12-10-20/h5-12,15H,13-14H2,1-4H3,(H,27,33)(H,29,32). The summed E-state index contributed by atoms with van der Waals surface area (Å²) in [6.07, 6.45) is 1.45. The zero-order valence-corrected chi connectivity index (χ0v) is 20.1. The van der Waals surface area contributed by atoms with E-state index in [9.17, 15) is 14.4 Å². The van der Waals surface area contributed by atoms with Gasteiger partial charge in [-0.05, 0) is 56.2 Å². The molecule has 0 atom stereocenters. The number of benzene rings is 2. The molecule has 0 aliphatic rings. The molecule has 0 saturated carbocycles. The van der Waals surface area contributed by atoms with Crippen LogP contribution >= 0.6 is 0 Å². The first-order valence-electron chi connectivity index (χ1n) is 11.1. The molecule has 0 spiro atoms. The van der Waals surface area contributed by atoms with Gasteiger partial charge >= 0.3 is 0 Å². The Morgan fingerprint density at radius 3 is 2.34 bits per heavy atom. The number of fused-ring (bicyclic) bond motifs is 1. The minimum atomic E-state index is -0.449. The maximum Gasteiger partial charge on any atom is 0.291 e. The summed E-state index contributed by atoms with van der Waals surface area (Å²) in [6, 6.07) is 14.8. The number of ether oxygens (including phenoxy) is 1. The molecular weight excluding hydrogens is 446 g/mol. The Morgan fingerprint density at radius 1 is 1.00 bits per heavy atom. The molecule has 4 aromatic rings. The number of nitrogens with one attached hydrogen (secondary N) is 2. The third-order valence-electron chi connectivity index (χ3n) is 5.91. The number of methoxy groups -OCH3 is 1. The van der Waals surface area contributed by atoms with Gasteiger partial charge in [0, 0.05) is 17.9 Å². The summed E-state index contributed by atoms with van der Waals surface area (Å²) in [5.74, 6) is 0.00251. The van der Waals surface area contributed by atoms with Gasteiger partial charge in [-0.25, -0.2) is 4.68 Å². The summed E-state index contributed by atoms with van der Waals surface area (Å²) < 4.78 is 7.79. The van der Waals surface area contributed by atoms with Gasteiger partial charge in [-0.3, -0.25) is 18.8 Å². The fourth-order valence-corrected chi connectivity index (χ4v) is 3.99. The highest BCUT2D eigenvalue weighted by Crippen LogP contribution is 2.20. The molecule has 0 unspecified atom stereocenters. The van der Waals surface area contributed by atoms with Crippen LogP contribution in [0.25, 0.3) is 5.52 Å². The third-order valence-corrected chi connectivity index (χ3v) is 5.91. The van der Waals surface area contributed by atoms with E-state index in [-0.39, 0.29) is 12.5 Å². The first-order chi connectivity index (χ1) is 16.8. The summed E-state index contributed by atoms with van der Waals surface area (Å²) in [5, 5.41) is 9.81. The van der Waals surface area contributed by atoms with E-state index in [0.717, 1.165) is 15.8 Å². The average Bonchev–Trinajstić information content (AvgIpc) is 3.11. The lowest BCUT2D eigenvalue weighted by Crippen LogP contribution is -2.30. The van der Waals surface area contributed by atoms with Crippen molar-refractivity contribution in [2.75, 3.05) is 12.4 Å². The quantitative estimate of drug-likeness (QED) is 0.429. The van der Waals surface area contributed by atoms with Gasteiger partial charge < -0.3 is 15.4 Å². The van der Waals surface area contributed by atoms with Crippen molar-refractivity contribution in [3.63, 3.8) is 0 Å². The molecule has 4 rings (SSSR count). The van der Waals surface area contributed by atoms with Crippen molar-refractivity contribution in [2.45, 2.75) is 33.9 Å². The topological polar surface area (TPSA) is 107 Å². The lowest BCUT2D eigenvalue weighted by molar-refractivity contribution is -0.117. The van der Waals surface area contributed by atoms with Crippen LogP contribution in [0.1, 0.15) is 32.7 Å². The zero-order valence-electron chi connectivity index (χ0n) is 20.1. The molecular formula is C26H27N5O4. The van der Waals surface area contributed by atoms with Crippen molar-refractivity contribution >= 4 is 23.0 Å². The number of aromatic nitrogens is 3. The van der Waals surface area contributed by atoms with E-state index in [2.05, 4.69) is 15.7 Å². The molecule has 0 aliphatic carbocycles. The van der Waals surface area contributed by atoms with Crippen LogP contribution in [0.15, 0.2) is 59.7 Å². The van der Waals surface area contributed by atoms with E-state index in [4.69, 9.17) is 4.74 Å². The number of anilines is 1. The van der Waals surface area contributed by atoms with E-state index >= 15 is 0 Å². The minimum absolute atomic E-state index is 0.264. The zero-order chi connectivity index (χ0) is 25.1. The maximum atomic E-state index is 13.2. The summed E-state index contributed by atoms with van der Waals surface area (Å²) in [5.41, 5.74) is 4.15. The molecule has 9 nitrogen and oxygen atoms in total. The molecule has 0 radical (unpaired) electrons. The number of carbonyl (C=O) groups is 2. The van der Waals surface area contributed by atoms with Crippen molar-refractivity contribution < 1.29 is 14.3 Å².